The van der Waals surface area contributed by atoms with Crippen molar-refractivity contribution in [2.24, 2.45) is 0 Å². The molecule has 1 saturated heterocycles. The van der Waals surface area contributed by atoms with Gasteiger partial charge >= 0.3 is 12.4 Å². The predicted molar refractivity (Wildman–Crippen MR) is 80.8 cm³/mol. The summed E-state index contributed by atoms with van der Waals surface area (Å²) in [5.74, 6) is 0. The number of carbonyl (C=O) groups is 1. The van der Waals surface area contributed by atoms with Crippen molar-refractivity contribution in [2.45, 2.75) is 44.6 Å². The highest BCUT2D eigenvalue weighted by Crippen LogP contribution is 2.38. The lowest BCUT2D eigenvalue weighted by molar-refractivity contribution is -0.143. The SMILES string of the molecule is C1CCNC1.CC(C)(NC=O)c1cc(C(F)(F)F)cc(C(F)(F)F)c1. The zero-order chi connectivity index (χ0) is 19.3. The minimum Gasteiger partial charge on any atom is -0.350 e. The van der Waals surface area contributed by atoms with Crippen molar-refractivity contribution >= 4 is 6.41 Å². The largest absolute Gasteiger partial charge is 0.416 e. The Kier molecular flexibility index (Phi) is 6.87. The second kappa shape index (κ2) is 8.07. The summed E-state index contributed by atoms with van der Waals surface area (Å²) in [5.41, 5.74) is -4.47. The topological polar surface area (TPSA) is 41.1 Å². The normalized spacial score (nSPS) is 15.4. The van der Waals surface area contributed by atoms with E-state index >= 15 is 0 Å². The molecule has 1 aromatic rings. The van der Waals surface area contributed by atoms with Crippen molar-refractivity contribution in [2.75, 3.05) is 13.1 Å². The minimum absolute atomic E-state index is 0.0422. The van der Waals surface area contributed by atoms with Gasteiger partial charge in [-0.25, -0.2) is 0 Å². The lowest BCUT2D eigenvalue weighted by atomic mass is 9.91. The second-order valence-electron chi connectivity index (χ2n) is 6.14. The highest BCUT2D eigenvalue weighted by Gasteiger charge is 2.38. The molecule has 9 heteroatoms. The number of alkyl halides is 6. The van der Waals surface area contributed by atoms with Gasteiger partial charge in [-0.3, -0.25) is 4.79 Å². The Labute approximate surface area is 141 Å². The molecule has 1 aliphatic heterocycles. The molecular weight excluding hydrogens is 350 g/mol. The number of benzene rings is 1. The van der Waals surface area contributed by atoms with Crippen LogP contribution in [0, 0.1) is 0 Å². The number of rotatable bonds is 3. The molecule has 0 spiro atoms. The molecule has 1 aliphatic rings. The summed E-state index contributed by atoms with van der Waals surface area (Å²) in [6, 6.07) is 1.22. The van der Waals surface area contributed by atoms with Crippen molar-refractivity contribution in [1.29, 1.82) is 0 Å². The van der Waals surface area contributed by atoms with Crippen LogP contribution in [-0.2, 0) is 22.7 Å². The van der Waals surface area contributed by atoms with Crippen LogP contribution in [0.15, 0.2) is 18.2 Å². The van der Waals surface area contributed by atoms with Crippen LogP contribution in [0.3, 0.4) is 0 Å². The highest BCUT2D eigenvalue weighted by atomic mass is 19.4. The highest BCUT2D eigenvalue weighted by molar-refractivity contribution is 5.50. The van der Waals surface area contributed by atoms with Gasteiger partial charge < -0.3 is 10.6 Å². The molecule has 0 aromatic heterocycles. The maximum absolute atomic E-state index is 12.7. The smallest absolute Gasteiger partial charge is 0.350 e. The monoisotopic (exact) mass is 370 g/mol. The van der Waals surface area contributed by atoms with E-state index in [1.165, 1.54) is 39.8 Å². The summed E-state index contributed by atoms with van der Waals surface area (Å²) in [6.07, 6.45) is -6.83. The van der Waals surface area contributed by atoms with Crippen LogP contribution in [-0.4, -0.2) is 19.5 Å². The molecule has 0 atom stereocenters. The van der Waals surface area contributed by atoms with Crippen molar-refractivity contribution < 1.29 is 31.1 Å². The van der Waals surface area contributed by atoms with E-state index in [2.05, 4.69) is 10.6 Å². The molecule has 0 saturated carbocycles. The Balaban J connectivity index is 0.000000531. The van der Waals surface area contributed by atoms with Crippen LogP contribution in [0.5, 0.6) is 0 Å². The van der Waals surface area contributed by atoms with Crippen LogP contribution in [0.1, 0.15) is 43.4 Å². The fourth-order valence-electron chi connectivity index (χ4n) is 2.17. The molecule has 0 bridgehead atoms. The maximum Gasteiger partial charge on any atom is 0.416 e. The second-order valence-corrected chi connectivity index (χ2v) is 6.14. The molecule has 1 amide bonds. The predicted octanol–water partition coefficient (Wildman–Crippen LogP) is 4.08. The first-order valence-electron chi connectivity index (χ1n) is 7.60. The van der Waals surface area contributed by atoms with Crippen LogP contribution in [0.2, 0.25) is 0 Å². The Bertz CT molecular complexity index is 537. The zero-order valence-electron chi connectivity index (χ0n) is 13.8. The fraction of sp³-hybridized carbons (Fsp3) is 0.562. The third kappa shape index (κ3) is 6.56. The van der Waals surface area contributed by atoms with Crippen LogP contribution in [0.4, 0.5) is 26.3 Å². The lowest BCUT2D eigenvalue weighted by Crippen LogP contribution is -2.36. The Hall–Kier alpha value is -1.77. The van der Waals surface area contributed by atoms with Gasteiger partial charge in [-0.2, -0.15) is 26.3 Å². The van der Waals surface area contributed by atoms with E-state index in [1.54, 1.807) is 0 Å². The minimum atomic E-state index is -4.91. The average Bonchev–Trinajstić information content (AvgIpc) is 3.04. The van der Waals surface area contributed by atoms with Crippen LogP contribution < -0.4 is 10.6 Å². The Morgan fingerprint density at radius 1 is 0.880 bits per heavy atom. The van der Waals surface area contributed by atoms with Gasteiger partial charge in [0.1, 0.15) is 0 Å². The number of nitrogens with one attached hydrogen (secondary N) is 2. The molecule has 0 unspecified atom stereocenters. The molecule has 1 heterocycles. The van der Waals surface area contributed by atoms with E-state index in [-0.39, 0.29) is 18.0 Å². The molecule has 25 heavy (non-hydrogen) atoms. The van der Waals surface area contributed by atoms with E-state index in [0.717, 1.165) is 0 Å². The van der Waals surface area contributed by atoms with Gasteiger partial charge in [0.05, 0.1) is 16.7 Å². The van der Waals surface area contributed by atoms with E-state index in [9.17, 15) is 31.1 Å². The Morgan fingerprint density at radius 3 is 1.56 bits per heavy atom. The number of hydrogen-bond acceptors (Lipinski definition) is 2. The van der Waals surface area contributed by atoms with E-state index in [4.69, 9.17) is 0 Å². The lowest BCUT2D eigenvalue weighted by Gasteiger charge is -2.26. The summed E-state index contributed by atoms with van der Waals surface area (Å²) in [4.78, 5) is 10.4. The van der Waals surface area contributed by atoms with Gasteiger partial charge in [0.2, 0.25) is 6.41 Å². The average molecular weight is 370 g/mol. The quantitative estimate of drug-likeness (QED) is 0.622. The van der Waals surface area contributed by atoms with Crippen molar-refractivity contribution in [3.63, 3.8) is 0 Å². The van der Waals surface area contributed by atoms with Gasteiger partial charge in [-0.05, 0) is 63.5 Å². The molecule has 2 N–H and O–H groups in total. The van der Waals surface area contributed by atoms with Gasteiger partial charge in [0.25, 0.3) is 0 Å². The summed E-state index contributed by atoms with van der Waals surface area (Å²) in [5, 5.41) is 5.40. The van der Waals surface area contributed by atoms with E-state index < -0.39 is 29.0 Å². The fourth-order valence-corrected chi connectivity index (χ4v) is 2.17. The molecule has 2 rings (SSSR count). The van der Waals surface area contributed by atoms with Crippen molar-refractivity contribution in [3.05, 3.63) is 34.9 Å². The summed E-state index contributed by atoms with van der Waals surface area (Å²) in [6.45, 7) is 5.11. The standard InChI is InChI=1S/C12H11F6NO.C4H9N/c1-10(2,19-6-20)7-3-8(11(13,14)15)5-9(4-7)12(16,17)18;1-2-4-5-3-1/h3-6H,1-2H3,(H,19,20);5H,1-4H2. The third-order valence-electron chi connectivity index (χ3n) is 3.69. The Morgan fingerprint density at radius 2 is 1.28 bits per heavy atom. The number of hydrogen-bond donors (Lipinski definition) is 2. The molecule has 0 radical (unpaired) electrons. The van der Waals surface area contributed by atoms with Crippen molar-refractivity contribution in [3.8, 4) is 0 Å². The third-order valence-corrected chi connectivity index (χ3v) is 3.69. The first-order chi connectivity index (χ1) is 11.4. The van der Waals surface area contributed by atoms with Crippen LogP contribution >= 0.6 is 0 Å². The van der Waals surface area contributed by atoms with Crippen LogP contribution in [0.25, 0.3) is 0 Å². The van der Waals surface area contributed by atoms with Gasteiger partial charge in [-0.1, -0.05) is 0 Å². The number of carbonyl (C=O) groups excluding carboxylic acids is 1. The van der Waals surface area contributed by atoms with E-state index in [0.29, 0.717) is 12.1 Å². The zero-order valence-corrected chi connectivity index (χ0v) is 13.8. The molecule has 3 nitrogen and oxygen atoms in total. The summed E-state index contributed by atoms with van der Waals surface area (Å²) >= 11 is 0. The van der Waals surface area contributed by atoms with E-state index in [1.807, 2.05) is 0 Å². The summed E-state index contributed by atoms with van der Waals surface area (Å²) in [7, 11) is 0. The van der Waals surface area contributed by atoms with Gasteiger partial charge in [0.15, 0.2) is 0 Å². The molecule has 142 valence electrons. The molecule has 1 fully saturated rings. The number of halogens is 6. The molecular formula is C16H20F6N2O. The first kappa shape index (κ1) is 21.3. The van der Waals surface area contributed by atoms with Gasteiger partial charge in [-0.15, -0.1) is 0 Å². The number of amides is 1. The van der Waals surface area contributed by atoms with Gasteiger partial charge in [0, 0.05) is 0 Å². The molecule has 1 aromatic carbocycles. The molecule has 0 aliphatic carbocycles. The maximum atomic E-state index is 12.7. The first-order valence-corrected chi connectivity index (χ1v) is 7.60. The van der Waals surface area contributed by atoms with Crippen molar-refractivity contribution in [1.82, 2.24) is 10.6 Å². The summed E-state index contributed by atoms with van der Waals surface area (Å²) < 4.78 is 75.9.